The minimum absolute atomic E-state index is 0.0292. The summed E-state index contributed by atoms with van der Waals surface area (Å²) in [5.74, 6) is -1.46. The molecule has 0 aliphatic rings. The van der Waals surface area contributed by atoms with Crippen LogP contribution in [0.15, 0.2) is 85.2 Å². The lowest BCUT2D eigenvalue weighted by atomic mass is 9.94. The average molecular weight is 552 g/mol. The molecule has 0 bridgehead atoms. The highest BCUT2D eigenvalue weighted by molar-refractivity contribution is 5.90. The summed E-state index contributed by atoms with van der Waals surface area (Å²) >= 11 is 0. The Labute approximate surface area is 232 Å². The molecule has 1 unspecified atom stereocenters. The summed E-state index contributed by atoms with van der Waals surface area (Å²) in [6.45, 7) is 0. The number of phenolic OH excluding ortho intramolecular Hbond substituents is 1. The number of nitrogens with two attached hydrogens (primary N) is 1. The summed E-state index contributed by atoms with van der Waals surface area (Å²) in [6, 6.07) is 19.0. The van der Waals surface area contributed by atoms with Crippen molar-refractivity contribution in [2.75, 3.05) is 0 Å². The van der Waals surface area contributed by atoms with Crippen molar-refractivity contribution < 1.29 is 18.7 Å². The molecule has 1 atom stereocenters. The number of aromatic hydroxyl groups is 1. The molecular weight excluding hydrogens is 528 g/mol. The maximum absolute atomic E-state index is 14.3. The summed E-state index contributed by atoms with van der Waals surface area (Å²) in [4.78, 5) is 16.7. The van der Waals surface area contributed by atoms with Crippen LogP contribution < -0.4 is 5.73 Å². The van der Waals surface area contributed by atoms with Crippen molar-refractivity contribution in [1.29, 1.82) is 0 Å². The Morgan fingerprint density at radius 1 is 1.00 bits per heavy atom. The number of tetrazole rings is 1. The van der Waals surface area contributed by atoms with Gasteiger partial charge in [-0.15, -0.1) is 10.2 Å². The van der Waals surface area contributed by atoms with Crippen LogP contribution in [-0.4, -0.2) is 41.2 Å². The first kappa shape index (κ1) is 25.8. The first-order chi connectivity index (χ1) is 19.9. The number of primary amides is 1. The highest BCUT2D eigenvalue weighted by atomic mass is 19.1. The molecule has 3 aromatic carbocycles. The van der Waals surface area contributed by atoms with Gasteiger partial charge in [0.05, 0.1) is 18.2 Å². The van der Waals surface area contributed by atoms with Crippen LogP contribution in [0.2, 0.25) is 0 Å². The van der Waals surface area contributed by atoms with Crippen LogP contribution in [0.4, 0.5) is 8.78 Å². The zero-order valence-corrected chi connectivity index (χ0v) is 21.5. The normalized spacial score (nSPS) is 12.0. The number of hydrogen-bond donors (Lipinski definition) is 3. The van der Waals surface area contributed by atoms with E-state index in [1.54, 1.807) is 30.6 Å². The average Bonchev–Trinajstić information content (AvgIpc) is 3.60. The van der Waals surface area contributed by atoms with Crippen molar-refractivity contribution in [3.05, 3.63) is 114 Å². The van der Waals surface area contributed by atoms with E-state index in [0.717, 1.165) is 22.8 Å². The van der Waals surface area contributed by atoms with Gasteiger partial charge in [-0.2, -0.15) is 5.21 Å². The fraction of sp³-hybridized carbons (Fsp3) is 0.100. The molecule has 0 fully saturated rings. The van der Waals surface area contributed by atoms with Gasteiger partial charge in [0.1, 0.15) is 17.4 Å². The summed E-state index contributed by atoms with van der Waals surface area (Å²) in [5.41, 5.74) is 10.2. The summed E-state index contributed by atoms with van der Waals surface area (Å²) in [5, 5.41) is 25.1. The number of amides is 1. The van der Waals surface area contributed by atoms with Crippen molar-refractivity contribution in [3.63, 3.8) is 0 Å². The number of fused-ring (bicyclic) bond motifs is 1. The second-order valence-electron chi connectivity index (χ2n) is 9.66. The highest BCUT2D eigenvalue weighted by Crippen LogP contribution is 2.37. The van der Waals surface area contributed by atoms with Crippen LogP contribution in [0.25, 0.3) is 33.4 Å². The molecule has 3 heterocycles. The van der Waals surface area contributed by atoms with E-state index in [1.165, 1.54) is 12.1 Å². The Bertz CT molecular complexity index is 1870. The quantitative estimate of drug-likeness (QED) is 0.250. The predicted octanol–water partition coefficient (Wildman–Crippen LogP) is 4.73. The number of phenols is 1. The number of pyridine rings is 1. The van der Waals surface area contributed by atoms with E-state index in [4.69, 9.17) is 10.7 Å². The van der Waals surface area contributed by atoms with Gasteiger partial charge in [-0.3, -0.25) is 9.78 Å². The number of aromatic nitrogens is 6. The molecule has 0 aliphatic carbocycles. The molecule has 204 valence electrons. The molecule has 11 heteroatoms. The molecular formula is C30H23F2N7O2. The number of benzene rings is 3. The zero-order valence-electron chi connectivity index (χ0n) is 21.5. The smallest absolute Gasteiger partial charge is 0.221 e. The number of nitrogens with one attached hydrogen (secondary N) is 1. The van der Waals surface area contributed by atoms with E-state index in [0.29, 0.717) is 33.5 Å². The molecule has 0 saturated carbocycles. The third-order valence-corrected chi connectivity index (χ3v) is 6.88. The molecule has 0 aliphatic heterocycles. The number of carbonyl (C=O) groups excluding carboxylic acids is 1. The zero-order chi connectivity index (χ0) is 28.5. The monoisotopic (exact) mass is 551 g/mol. The van der Waals surface area contributed by atoms with E-state index < -0.39 is 23.6 Å². The summed E-state index contributed by atoms with van der Waals surface area (Å²) in [7, 11) is 0. The lowest BCUT2D eigenvalue weighted by molar-refractivity contribution is -0.117. The molecule has 1 amide bonds. The van der Waals surface area contributed by atoms with Gasteiger partial charge in [0.2, 0.25) is 11.7 Å². The predicted molar refractivity (Wildman–Crippen MR) is 148 cm³/mol. The van der Waals surface area contributed by atoms with Gasteiger partial charge >= 0.3 is 0 Å². The van der Waals surface area contributed by atoms with E-state index in [9.17, 15) is 18.7 Å². The van der Waals surface area contributed by atoms with Gasteiger partial charge in [-0.05, 0) is 70.8 Å². The third-order valence-electron chi connectivity index (χ3n) is 6.88. The number of rotatable bonds is 8. The maximum atomic E-state index is 14.3. The number of hydrogen-bond acceptors (Lipinski definition) is 6. The lowest BCUT2D eigenvalue weighted by Gasteiger charge is -2.23. The first-order valence-corrected chi connectivity index (χ1v) is 12.7. The number of nitrogens with zero attached hydrogens (tertiary/aromatic N) is 5. The molecule has 0 radical (unpaired) electrons. The Morgan fingerprint density at radius 3 is 2.56 bits per heavy atom. The first-order valence-electron chi connectivity index (χ1n) is 12.7. The minimum atomic E-state index is -0.690. The van der Waals surface area contributed by atoms with Crippen molar-refractivity contribution >= 4 is 16.8 Å². The van der Waals surface area contributed by atoms with Gasteiger partial charge < -0.3 is 15.4 Å². The van der Waals surface area contributed by atoms with Crippen molar-refractivity contribution in [1.82, 2.24) is 30.2 Å². The van der Waals surface area contributed by atoms with Gasteiger partial charge in [-0.25, -0.2) is 8.78 Å². The molecule has 41 heavy (non-hydrogen) atoms. The summed E-state index contributed by atoms with van der Waals surface area (Å²) in [6.07, 6.45) is 3.55. The topological polar surface area (TPSA) is 136 Å². The van der Waals surface area contributed by atoms with E-state index in [1.807, 2.05) is 41.0 Å². The Hall–Kier alpha value is -5.45. The molecule has 0 spiro atoms. The number of carbonyl (C=O) groups is 1. The largest absolute Gasteiger partial charge is 0.508 e. The van der Waals surface area contributed by atoms with Crippen LogP contribution in [-0.2, 0) is 17.6 Å². The lowest BCUT2D eigenvalue weighted by Crippen LogP contribution is -2.16. The fourth-order valence-electron chi connectivity index (χ4n) is 5.22. The van der Waals surface area contributed by atoms with Crippen LogP contribution in [0.5, 0.6) is 5.75 Å². The molecule has 0 saturated heterocycles. The van der Waals surface area contributed by atoms with E-state index in [-0.39, 0.29) is 18.6 Å². The third kappa shape index (κ3) is 5.24. The number of aromatic amines is 1. The van der Waals surface area contributed by atoms with Gasteiger partial charge in [0.15, 0.2) is 0 Å². The second-order valence-corrected chi connectivity index (χ2v) is 9.66. The molecule has 6 aromatic rings. The minimum Gasteiger partial charge on any atom is -0.508 e. The van der Waals surface area contributed by atoms with Gasteiger partial charge in [0.25, 0.3) is 0 Å². The molecule has 6 rings (SSSR count). The van der Waals surface area contributed by atoms with E-state index >= 15 is 0 Å². The number of H-pyrrole nitrogens is 1. The van der Waals surface area contributed by atoms with Crippen LogP contribution in [0.3, 0.4) is 0 Å². The van der Waals surface area contributed by atoms with Crippen LogP contribution in [0, 0.1) is 11.6 Å². The second kappa shape index (κ2) is 10.6. The Morgan fingerprint density at radius 2 is 1.80 bits per heavy atom. The van der Waals surface area contributed by atoms with Gasteiger partial charge in [-0.1, -0.05) is 24.3 Å². The highest BCUT2D eigenvalue weighted by Gasteiger charge is 2.24. The number of halogens is 2. The summed E-state index contributed by atoms with van der Waals surface area (Å²) < 4.78 is 30.5. The van der Waals surface area contributed by atoms with E-state index in [2.05, 4.69) is 20.6 Å². The van der Waals surface area contributed by atoms with Gasteiger partial charge in [0, 0.05) is 40.5 Å². The van der Waals surface area contributed by atoms with Crippen LogP contribution >= 0.6 is 0 Å². The Balaban J connectivity index is 1.56. The maximum Gasteiger partial charge on any atom is 0.221 e. The standard InChI is InChI=1S/C30H23F2N7O2/c31-21-9-17(10-22(32)14-21)11-27(39-16-20(13-28(33)41)25-15-23(40)6-7-26(25)39)29-24(5-2-8-34-29)18-3-1-4-19(12-18)30-35-37-38-36-30/h1-10,12,14-16,27,40H,11,13H2,(H2,33,41)(H,35,36,37,38). The van der Waals surface area contributed by atoms with Crippen molar-refractivity contribution in [3.8, 4) is 28.3 Å². The SMILES string of the molecule is NC(=O)Cc1cn(C(Cc2cc(F)cc(F)c2)c2ncccc2-c2cccc(-c3nn[nH]n3)c2)c2ccc(O)cc12. The fourth-order valence-corrected chi connectivity index (χ4v) is 5.22. The van der Waals surface area contributed by atoms with Crippen molar-refractivity contribution in [2.45, 2.75) is 18.9 Å². The molecule has 3 aromatic heterocycles. The van der Waals surface area contributed by atoms with Crippen LogP contribution in [0.1, 0.15) is 22.9 Å². The Kier molecular flexibility index (Phi) is 6.68. The molecule has 4 N–H and O–H groups in total. The van der Waals surface area contributed by atoms with Crippen molar-refractivity contribution in [2.24, 2.45) is 5.73 Å². The molecule has 9 nitrogen and oxygen atoms in total.